The molecule has 0 N–H and O–H groups in total. The number of nitrogens with zero attached hydrogens (tertiary/aromatic N) is 1. The van der Waals surface area contributed by atoms with Crippen LogP contribution >= 0.6 is 0 Å². The lowest BCUT2D eigenvalue weighted by molar-refractivity contribution is -0.134. The van der Waals surface area contributed by atoms with Gasteiger partial charge < -0.3 is 9.64 Å². The monoisotopic (exact) mass is 329 g/mol. The number of rotatable bonds is 4. The third-order valence-electron chi connectivity index (χ3n) is 3.57. The van der Waals surface area contributed by atoms with E-state index >= 15 is 0 Å². The van der Waals surface area contributed by atoms with E-state index in [0.717, 1.165) is 6.07 Å². The summed E-state index contributed by atoms with van der Waals surface area (Å²) in [5.41, 5.74) is -0.249. The van der Waals surface area contributed by atoms with E-state index in [-0.39, 0.29) is 17.1 Å². The SMILES string of the molecule is CN(C(=O)COC(=O)c1ccccc1F)[C@H]1CCS(=O)(=O)C1. The van der Waals surface area contributed by atoms with E-state index < -0.39 is 40.2 Å². The number of hydrogen-bond acceptors (Lipinski definition) is 5. The van der Waals surface area contributed by atoms with Gasteiger partial charge in [0.1, 0.15) is 5.82 Å². The van der Waals surface area contributed by atoms with Gasteiger partial charge in [-0.15, -0.1) is 0 Å². The summed E-state index contributed by atoms with van der Waals surface area (Å²) in [4.78, 5) is 24.9. The summed E-state index contributed by atoms with van der Waals surface area (Å²) in [5.74, 6) is -2.22. The van der Waals surface area contributed by atoms with E-state index in [0.29, 0.717) is 6.42 Å². The van der Waals surface area contributed by atoms with Gasteiger partial charge in [-0.2, -0.15) is 0 Å². The molecule has 0 bridgehead atoms. The molecular formula is C14H16FNO5S. The molecule has 1 aliphatic rings. The summed E-state index contributed by atoms with van der Waals surface area (Å²) >= 11 is 0. The summed E-state index contributed by atoms with van der Waals surface area (Å²) in [6.45, 7) is -0.555. The second-order valence-electron chi connectivity index (χ2n) is 5.12. The van der Waals surface area contributed by atoms with Crippen LogP contribution in [0.4, 0.5) is 4.39 Å². The molecule has 1 heterocycles. The van der Waals surface area contributed by atoms with Gasteiger partial charge in [-0.25, -0.2) is 17.6 Å². The topological polar surface area (TPSA) is 80.8 Å². The molecule has 0 unspecified atom stereocenters. The lowest BCUT2D eigenvalue weighted by atomic mass is 10.2. The minimum Gasteiger partial charge on any atom is -0.452 e. The first-order chi connectivity index (χ1) is 10.3. The number of carbonyl (C=O) groups is 2. The standard InChI is InChI=1S/C14H16FNO5S/c1-16(10-6-7-22(19,20)9-10)13(17)8-21-14(18)11-4-2-3-5-12(11)15/h2-5,10H,6-9H2,1H3/t10-/m0/s1. The van der Waals surface area contributed by atoms with Crippen LogP contribution in [0.25, 0.3) is 0 Å². The average molecular weight is 329 g/mol. The van der Waals surface area contributed by atoms with Gasteiger partial charge >= 0.3 is 5.97 Å². The maximum absolute atomic E-state index is 13.4. The summed E-state index contributed by atoms with van der Waals surface area (Å²) in [6, 6.07) is 4.89. The molecule has 1 aliphatic heterocycles. The lowest BCUT2D eigenvalue weighted by Gasteiger charge is -2.23. The van der Waals surface area contributed by atoms with Gasteiger partial charge in [0.05, 0.1) is 17.1 Å². The Morgan fingerprint density at radius 3 is 2.64 bits per heavy atom. The molecule has 1 aromatic carbocycles. The molecule has 1 saturated heterocycles. The third kappa shape index (κ3) is 3.82. The Bertz CT molecular complexity index is 688. The maximum atomic E-state index is 13.4. The van der Waals surface area contributed by atoms with Crippen molar-refractivity contribution in [3.05, 3.63) is 35.6 Å². The van der Waals surface area contributed by atoms with Crippen molar-refractivity contribution in [2.24, 2.45) is 0 Å². The summed E-state index contributed by atoms with van der Waals surface area (Å²) < 4.78 is 41.0. The number of likely N-dealkylation sites (N-methyl/N-ethyl adjacent to an activating group) is 1. The van der Waals surface area contributed by atoms with Gasteiger partial charge in [-0.3, -0.25) is 4.79 Å². The Morgan fingerprint density at radius 2 is 2.05 bits per heavy atom. The van der Waals surface area contributed by atoms with Crippen LogP contribution in [-0.2, 0) is 19.4 Å². The molecule has 22 heavy (non-hydrogen) atoms. The zero-order chi connectivity index (χ0) is 16.3. The van der Waals surface area contributed by atoms with Crippen LogP contribution in [0.2, 0.25) is 0 Å². The largest absolute Gasteiger partial charge is 0.452 e. The van der Waals surface area contributed by atoms with Crippen LogP contribution in [0.5, 0.6) is 0 Å². The number of benzene rings is 1. The smallest absolute Gasteiger partial charge is 0.341 e. The van der Waals surface area contributed by atoms with E-state index in [9.17, 15) is 22.4 Å². The number of halogens is 1. The van der Waals surface area contributed by atoms with Crippen LogP contribution in [0, 0.1) is 5.82 Å². The van der Waals surface area contributed by atoms with E-state index in [4.69, 9.17) is 4.74 Å². The number of esters is 1. The molecule has 1 atom stereocenters. The van der Waals surface area contributed by atoms with E-state index in [2.05, 4.69) is 0 Å². The predicted molar refractivity (Wildman–Crippen MR) is 76.5 cm³/mol. The molecule has 0 aliphatic carbocycles. The fraction of sp³-hybridized carbons (Fsp3) is 0.429. The van der Waals surface area contributed by atoms with Crippen molar-refractivity contribution in [2.75, 3.05) is 25.2 Å². The summed E-state index contributed by atoms with van der Waals surface area (Å²) in [6.07, 6.45) is 0.367. The zero-order valence-electron chi connectivity index (χ0n) is 12.0. The molecule has 1 amide bonds. The Labute approximate surface area is 127 Å². The normalized spacial score (nSPS) is 19.6. The maximum Gasteiger partial charge on any atom is 0.341 e. The third-order valence-corrected chi connectivity index (χ3v) is 5.32. The molecule has 1 fully saturated rings. The molecule has 120 valence electrons. The van der Waals surface area contributed by atoms with Crippen molar-refractivity contribution in [2.45, 2.75) is 12.5 Å². The summed E-state index contributed by atoms with van der Waals surface area (Å²) in [5, 5.41) is 0. The van der Waals surface area contributed by atoms with Crippen LogP contribution in [-0.4, -0.2) is 56.4 Å². The molecule has 2 rings (SSSR count). The predicted octanol–water partition coefficient (Wildman–Crippen LogP) is 0.628. The number of ether oxygens (including phenoxy) is 1. The summed E-state index contributed by atoms with van der Waals surface area (Å²) in [7, 11) is -1.64. The first-order valence-corrected chi connectivity index (χ1v) is 8.50. The molecular weight excluding hydrogens is 313 g/mol. The Morgan fingerprint density at radius 1 is 1.36 bits per heavy atom. The van der Waals surface area contributed by atoms with Crippen LogP contribution < -0.4 is 0 Å². The van der Waals surface area contributed by atoms with Crippen LogP contribution in [0.3, 0.4) is 0 Å². The van der Waals surface area contributed by atoms with E-state index in [1.807, 2.05) is 0 Å². The Balaban J connectivity index is 1.90. The number of hydrogen-bond donors (Lipinski definition) is 0. The molecule has 6 nitrogen and oxygen atoms in total. The molecule has 0 radical (unpaired) electrons. The Kier molecular flexibility index (Phi) is 4.80. The average Bonchev–Trinajstić information content (AvgIpc) is 2.84. The van der Waals surface area contributed by atoms with Crippen LogP contribution in [0.1, 0.15) is 16.8 Å². The van der Waals surface area contributed by atoms with Gasteiger partial charge in [0.15, 0.2) is 16.4 Å². The lowest BCUT2D eigenvalue weighted by Crippen LogP contribution is -2.40. The highest BCUT2D eigenvalue weighted by atomic mass is 32.2. The number of carbonyl (C=O) groups excluding carboxylic acids is 2. The minimum atomic E-state index is -3.11. The Hall–Kier alpha value is -1.96. The molecule has 8 heteroatoms. The van der Waals surface area contributed by atoms with Gasteiger partial charge in [-0.1, -0.05) is 12.1 Å². The van der Waals surface area contributed by atoms with Crippen molar-refractivity contribution in [1.29, 1.82) is 0 Å². The molecule has 0 saturated carbocycles. The fourth-order valence-electron chi connectivity index (χ4n) is 2.22. The first-order valence-electron chi connectivity index (χ1n) is 6.68. The second kappa shape index (κ2) is 6.43. The highest BCUT2D eigenvalue weighted by molar-refractivity contribution is 7.91. The van der Waals surface area contributed by atoms with E-state index in [1.165, 1.54) is 30.1 Å². The number of amides is 1. The first kappa shape index (κ1) is 16.4. The van der Waals surface area contributed by atoms with Crippen molar-refractivity contribution in [3.8, 4) is 0 Å². The van der Waals surface area contributed by atoms with Gasteiger partial charge in [0.25, 0.3) is 5.91 Å². The van der Waals surface area contributed by atoms with Crippen molar-refractivity contribution >= 4 is 21.7 Å². The molecule has 0 aromatic heterocycles. The van der Waals surface area contributed by atoms with Gasteiger partial charge in [0.2, 0.25) is 0 Å². The fourth-order valence-corrected chi connectivity index (χ4v) is 3.99. The van der Waals surface area contributed by atoms with E-state index in [1.54, 1.807) is 0 Å². The highest BCUT2D eigenvalue weighted by Gasteiger charge is 2.33. The number of sulfone groups is 1. The zero-order valence-corrected chi connectivity index (χ0v) is 12.8. The van der Waals surface area contributed by atoms with Crippen molar-refractivity contribution < 1.29 is 27.1 Å². The van der Waals surface area contributed by atoms with Crippen molar-refractivity contribution in [1.82, 2.24) is 4.90 Å². The van der Waals surface area contributed by atoms with Crippen LogP contribution in [0.15, 0.2) is 24.3 Å². The molecule has 0 spiro atoms. The molecule has 1 aromatic rings. The van der Waals surface area contributed by atoms with Gasteiger partial charge in [-0.05, 0) is 18.6 Å². The van der Waals surface area contributed by atoms with Crippen molar-refractivity contribution in [3.63, 3.8) is 0 Å². The minimum absolute atomic E-state index is 0.0459. The van der Waals surface area contributed by atoms with Gasteiger partial charge in [0, 0.05) is 13.1 Å². The quantitative estimate of drug-likeness (QED) is 0.757. The highest BCUT2D eigenvalue weighted by Crippen LogP contribution is 2.16. The second-order valence-corrected chi connectivity index (χ2v) is 7.35.